The summed E-state index contributed by atoms with van der Waals surface area (Å²) in [6.45, 7) is 4.59. The molecule has 1 amide bonds. The number of carbonyl (C=O) groups is 1. The topological polar surface area (TPSA) is 108 Å². The Labute approximate surface area is 303 Å². The molecule has 3 atom stereocenters. The number of allylic oxidation sites excluding steroid dienone is 3. The summed E-state index contributed by atoms with van der Waals surface area (Å²) in [6.07, 6.45) is 36.5. The third kappa shape index (κ3) is 35.2. The van der Waals surface area contributed by atoms with Crippen LogP contribution in [-0.4, -0.2) is 68.5 Å². The number of aliphatic hydroxyl groups is 1. The summed E-state index contributed by atoms with van der Waals surface area (Å²) >= 11 is 0. The molecule has 0 aliphatic rings. The third-order valence-electron chi connectivity index (χ3n) is 8.91. The van der Waals surface area contributed by atoms with Gasteiger partial charge in [0.15, 0.2) is 0 Å². The van der Waals surface area contributed by atoms with Crippen molar-refractivity contribution < 1.29 is 32.9 Å². The lowest BCUT2D eigenvalue weighted by atomic mass is 10.1. The van der Waals surface area contributed by atoms with Crippen LogP contribution in [0.4, 0.5) is 0 Å². The van der Waals surface area contributed by atoms with Crippen molar-refractivity contribution in [1.29, 1.82) is 0 Å². The highest BCUT2D eigenvalue weighted by Crippen LogP contribution is 2.38. The van der Waals surface area contributed by atoms with E-state index in [1.54, 1.807) is 6.08 Å². The monoisotopic (exact) mass is 715 g/mol. The maximum absolute atomic E-state index is 12.8. The molecule has 3 unspecified atom stereocenters. The van der Waals surface area contributed by atoms with Gasteiger partial charge in [-0.05, 0) is 44.9 Å². The number of aliphatic hydroxyl groups excluding tert-OH is 1. The van der Waals surface area contributed by atoms with Gasteiger partial charge in [-0.1, -0.05) is 147 Å². The molecule has 49 heavy (non-hydrogen) atoms. The van der Waals surface area contributed by atoms with Gasteiger partial charge >= 0.3 is 0 Å². The van der Waals surface area contributed by atoms with Gasteiger partial charge in [-0.25, -0.2) is 0 Å². The summed E-state index contributed by atoms with van der Waals surface area (Å²) in [5, 5.41) is 13.7. The van der Waals surface area contributed by atoms with Crippen LogP contribution >= 0.6 is 7.82 Å². The van der Waals surface area contributed by atoms with Crippen molar-refractivity contribution in [2.24, 2.45) is 0 Å². The molecule has 0 bridgehead atoms. The lowest BCUT2D eigenvalue weighted by Gasteiger charge is -2.29. The van der Waals surface area contributed by atoms with Crippen molar-refractivity contribution in [3.05, 3.63) is 24.3 Å². The van der Waals surface area contributed by atoms with Crippen molar-refractivity contribution >= 4 is 13.7 Å². The van der Waals surface area contributed by atoms with Crippen LogP contribution in [0.5, 0.6) is 0 Å². The van der Waals surface area contributed by atoms with E-state index in [2.05, 4.69) is 31.3 Å². The van der Waals surface area contributed by atoms with E-state index in [0.717, 1.165) is 51.4 Å². The average molecular weight is 715 g/mol. The number of phosphoric ester groups is 1. The number of unbranched alkanes of at least 4 members (excludes halogenated alkanes) is 21. The molecular formula is C40H79N2O6P. The molecule has 0 aromatic carbocycles. The Balaban J connectivity index is 4.39. The Hall–Kier alpha value is -1.02. The van der Waals surface area contributed by atoms with Crippen molar-refractivity contribution in [3.63, 3.8) is 0 Å². The fourth-order valence-corrected chi connectivity index (χ4v) is 6.34. The predicted octanol–water partition coefficient (Wildman–Crippen LogP) is 9.94. The maximum Gasteiger partial charge on any atom is 0.268 e. The highest BCUT2D eigenvalue weighted by Gasteiger charge is 2.23. The number of amides is 1. The Morgan fingerprint density at radius 2 is 1.12 bits per heavy atom. The smallest absolute Gasteiger partial charge is 0.268 e. The maximum atomic E-state index is 12.8. The number of nitrogens with one attached hydrogen (secondary N) is 1. The molecule has 9 heteroatoms. The summed E-state index contributed by atoms with van der Waals surface area (Å²) < 4.78 is 23.1. The average Bonchev–Trinajstić information content (AvgIpc) is 3.04. The number of phosphoric acid groups is 1. The van der Waals surface area contributed by atoms with E-state index >= 15 is 0 Å². The molecule has 0 fully saturated rings. The lowest BCUT2D eigenvalue weighted by Crippen LogP contribution is -2.45. The van der Waals surface area contributed by atoms with Gasteiger partial charge in [0.05, 0.1) is 39.9 Å². The van der Waals surface area contributed by atoms with E-state index in [0.29, 0.717) is 17.4 Å². The fraction of sp³-hybridized carbons (Fsp3) is 0.875. The van der Waals surface area contributed by atoms with E-state index < -0.39 is 20.0 Å². The molecule has 0 aliphatic carbocycles. The van der Waals surface area contributed by atoms with Crippen molar-refractivity contribution in [1.82, 2.24) is 5.32 Å². The second-order valence-corrected chi connectivity index (χ2v) is 16.4. The summed E-state index contributed by atoms with van der Waals surface area (Å²) in [7, 11) is 1.25. The van der Waals surface area contributed by atoms with Crippen LogP contribution in [0.2, 0.25) is 0 Å². The Kier molecular flexibility index (Phi) is 32.2. The minimum atomic E-state index is -4.58. The fourth-order valence-electron chi connectivity index (χ4n) is 5.62. The van der Waals surface area contributed by atoms with Crippen LogP contribution in [0.15, 0.2) is 24.3 Å². The molecule has 0 aliphatic heterocycles. The summed E-state index contributed by atoms with van der Waals surface area (Å²) in [6, 6.07) is -0.885. The van der Waals surface area contributed by atoms with E-state index in [-0.39, 0.29) is 19.1 Å². The molecule has 0 spiro atoms. The van der Waals surface area contributed by atoms with Crippen molar-refractivity contribution in [2.75, 3.05) is 40.9 Å². The molecule has 0 saturated carbocycles. The van der Waals surface area contributed by atoms with Gasteiger partial charge in [0.25, 0.3) is 7.82 Å². The Morgan fingerprint density at radius 1 is 0.694 bits per heavy atom. The summed E-state index contributed by atoms with van der Waals surface area (Å²) in [5.74, 6) is -0.209. The van der Waals surface area contributed by atoms with Crippen LogP contribution in [0.3, 0.4) is 0 Å². The van der Waals surface area contributed by atoms with Crippen molar-refractivity contribution in [2.45, 2.75) is 187 Å². The molecule has 0 saturated heterocycles. The minimum absolute atomic E-state index is 0.00213. The second-order valence-electron chi connectivity index (χ2n) is 15.0. The van der Waals surface area contributed by atoms with Gasteiger partial charge in [-0.15, -0.1) is 0 Å². The van der Waals surface area contributed by atoms with Crippen LogP contribution in [-0.2, 0) is 18.4 Å². The number of hydrogen-bond donors (Lipinski definition) is 2. The third-order valence-corrected chi connectivity index (χ3v) is 9.87. The largest absolute Gasteiger partial charge is 0.756 e. The minimum Gasteiger partial charge on any atom is -0.756 e. The van der Waals surface area contributed by atoms with Gasteiger partial charge < -0.3 is 28.8 Å². The first kappa shape index (κ1) is 48.0. The van der Waals surface area contributed by atoms with E-state index in [1.807, 2.05) is 27.2 Å². The first-order chi connectivity index (χ1) is 23.5. The van der Waals surface area contributed by atoms with Crippen LogP contribution < -0.4 is 10.2 Å². The first-order valence-corrected chi connectivity index (χ1v) is 21.7. The van der Waals surface area contributed by atoms with E-state index in [9.17, 15) is 19.4 Å². The summed E-state index contributed by atoms with van der Waals surface area (Å²) in [4.78, 5) is 25.1. The highest BCUT2D eigenvalue weighted by molar-refractivity contribution is 7.45. The molecular weight excluding hydrogens is 635 g/mol. The van der Waals surface area contributed by atoms with Gasteiger partial charge in [-0.2, -0.15) is 0 Å². The zero-order valence-corrected chi connectivity index (χ0v) is 33.5. The zero-order valence-electron chi connectivity index (χ0n) is 32.6. The molecule has 0 radical (unpaired) electrons. The molecule has 290 valence electrons. The van der Waals surface area contributed by atoms with Gasteiger partial charge in [0, 0.05) is 6.42 Å². The second kappa shape index (κ2) is 32.9. The number of rotatable bonds is 36. The molecule has 0 rings (SSSR count). The standard InChI is InChI=1S/C40H79N2O6P/c1-6-8-10-12-14-16-17-18-19-20-21-22-23-24-26-28-30-32-34-40(44)41-38(37-48-49(45,46)47-36-35-42(3,4)5)39(43)33-31-29-27-25-15-13-11-9-7-2/h21-22,31,33,38-39,43H,6-20,23-30,32,34-37H2,1-5H3,(H-,41,44,45,46)/b22-21-,33-31+. The van der Waals surface area contributed by atoms with E-state index in [1.165, 1.54) is 103 Å². The molecule has 0 aromatic heterocycles. The van der Waals surface area contributed by atoms with Crippen LogP contribution in [0.25, 0.3) is 0 Å². The predicted molar refractivity (Wildman–Crippen MR) is 205 cm³/mol. The summed E-state index contributed by atoms with van der Waals surface area (Å²) in [5.41, 5.74) is 0. The molecule has 2 N–H and O–H groups in total. The number of quaternary nitrogens is 1. The zero-order chi connectivity index (χ0) is 36.5. The normalized spacial score (nSPS) is 14.8. The molecule has 8 nitrogen and oxygen atoms in total. The number of nitrogens with zero attached hydrogens (tertiary/aromatic N) is 1. The molecule has 0 aromatic rings. The first-order valence-electron chi connectivity index (χ1n) is 20.2. The number of carbonyl (C=O) groups excluding carboxylic acids is 1. The van der Waals surface area contributed by atoms with Gasteiger partial charge in [0.2, 0.25) is 5.91 Å². The quantitative estimate of drug-likeness (QED) is 0.0290. The van der Waals surface area contributed by atoms with E-state index in [4.69, 9.17) is 9.05 Å². The number of likely N-dealkylation sites (N-methyl/N-ethyl adjacent to an activating group) is 1. The molecule has 0 heterocycles. The lowest BCUT2D eigenvalue weighted by molar-refractivity contribution is -0.870. The van der Waals surface area contributed by atoms with Gasteiger partial charge in [0.1, 0.15) is 13.2 Å². The highest BCUT2D eigenvalue weighted by atomic mass is 31.2. The van der Waals surface area contributed by atoms with Crippen LogP contribution in [0, 0.1) is 0 Å². The Morgan fingerprint density at radius 3 is 1.59 bits per heavy atom. The number of hydrogen-bond acceptors (Lipinski definition) is 6. The van der Waals surface area contributed by atoms with Crippen molar-refractivity contribution in [3.8, 4) is 0 Å². The SMILES string of the molecule is CCCCCCCCC/C=C/C(O)C(COP(=O)([O-])OCC[N+](C)(C)C)NC(=O)CCCCCCC/C=C\CCCCCCCCCCC. The van der Waals surface area contributed by atoms with Gasteiger partial charge in [-0.3, -0.25) is 9.36 Å². The van der Waals surface area contributed by atoms with Crippen LogP contribution in [0.1, 0.15) is 174 Å². The Bertz CT molecular complexity index is 860.